The van der Waals surface area contributed by atoms with Gasteiger partial charge in [-0.25, -0.2) is 0 Å². The molecule has 0 bridgehead atoms. The average molecular weight is 548 g/mol. The first-order valence-corrected chi connectivity index (χ1v) is 11.0. The molecule has 0 aromatic heterocycles. The Kier molecular flexibility index (Phi) is 10.2. The second-order valence-electron chi connectivity index (χ2n) is 8.47. The first kappa shape index (κ1) is 25.2. The summed E-state index contributed by atoms with van der Waals surface area (Å²) < 4.78 is 0. The fourth-order valence-electron chi connectivity index (χ4n) is 3.97. The summed E-state index contributed by atoms with van der Waals surface area (Å²) in [5, 5.41) is 10.9. The Morgan fingerprint density at radius 1 is 1.13 bits per heavy atom. The first-order chi connectivity index (χ1) is 14.0. The van der Waals surface area contributed by atoms with E-state index in [2.05, 4.69) is 52.1 Å². The molecule has 0 radical (unpaired) electrons. The van der Waals surface area contributed by atoms with E-state index in [9.17, 15) is 4.79 Å². The van der Waals surface area contributed by atoms with Gasteiger partial charge in [0.25, 0.3) is 0 Å². The molecule has 1 aromatic carbocycles. The van der Waals surface area contributed by atoms with Crippen LogP contribution >= 0.6 is 35.6 Å². The summed E-state index contributed by atoms with van der Waals surface area (Å²) in [6.07, 6.45) is 6.27. The van der Waals surface area contributed by atoms with E-state index in [0.717, 1.165) is 56.1 Å². The smallest absolute Gasteiger partial charge is 0.223 e. The Morgan fingerprint density at radius 3 is 2.43 bits per heavy atom. The maximum absolute atomic E-state index is 12.4. The zero-order valence-electron chi connectivity index (χ0n) is 18.2. The van der Waals surface area contributed by atoms with E-state index < -0.39 is 0 Å². The van der Waals surface area contributed by atoms with Crippen LogP contribution in [0.5, 0.6) is 0 Å². The van der Waals surface area contributed by atoms with Gasteiger partial charge < -0.3 is 20.9 Å². The van der Waals surface area contributed by atoms with Gasteiger partial charge in [-0.05, 0) is 63.9 Å². The minimum atomic E-state index is 0. The van der Waals surface area contributed by atoms with Gasteiger partial charge in [0.2, 0.25) is 5.91 Å². The molecule has 1 amide bonds. The van der Waals surface area contributed by atoms with Crippen LogP contribution < -0.4 is 16.0 Å². The molecule has 2 saturated carbocycles. The number of carbonyl (C=O) groups excluding carboxylic acids is 1. The summed E-state index contributed by atoms with van der Waals surface area (Å²) in [5.74, 6) is 1.14. The Morgan fingerprint density at radius 2 is 1.83 bits per heavy atom. The van der Waals surface area contributed by atoms with Gasteiger partial charge in [0.05, 0.1) is 6.04 Å². The van der Waals surface area contributed by atoms with Crippen molar-refractivity contribution in [3.8, 4) is 0 Å². The predicted molar refractivity (Wildman–Crippen MR) is 135 cm³/mol. The minimum Gasteiger partial charge on any atom is -0.354 e. The molecule has 0 heterocycles. The molecule has 2 fully saturated rings. The molecule has 0 spiro atoms. The molecule has 8 heteroatoms. The van der Waals surface area contributed by atoms with Gasteiger partial charge in [-0.2, -0.15) is 0 Å². The summed E-state index contributed by atoms with van der Waals surface area (Å²) in [6, 6.07) is 8.89. The standard InChI is InChI=1S/C22H34ClN5O.HI/c1-24-22(25-14-20(28(2)3)15-7-9-17(23)10-8-15)27-19-6-4-5-16(13-19)21(29)26-18-11-12-18;/h7-10,16,18-20H,4-6,11-14H2,1-3H3,(H,26,29)(H2,24,25,27);1H. The van der Waals surface area contributed by atoms with E-state index in [0.29, 0.717) is 6.04 Å². The van der Waals surface area contributed by atoms with Gasteiger partial charge in [-0.1, -0.05) is 30.2 Å². The number of carbonyl (C=O) groups is 1. The lowest BCUT2D eigenvalue weighted by molar-refractivity contribution is -0.126. The van der Waals surface area contributed by atoms with Gasteiger partial charge in [0, 0.05) is 36.6 Å². The van der Waals surface area contributed by atoms with Crippen LogP contribution in [0.3, 0.4) is 0 Å². The zero-order valence-corrected chi connectivity index (χ0v) is 21.2. The lowest BCUT2D eigenvalue weighted by Crippen LogP contribution is -2.48. The van der Waals surface area contributed by atoms with Gasteiger partial charge in [-0.3, -0.25) is 9.79 Å². The number of benzene rings is 1. The monoisotopic (exact) mass is 547 g/mol. The third-order valence-corrected chi connectivity index (χ3v) is 6.13. The van der Waals surface area contributed by atoms with Crippen LogP contribution in [0.1, 0.15) is 50.1 Å². The summed E-state index contributed by atoms with van der Waals surface area (Å²) in [5.41, 5.74) is 1.21. The molecule has 3 atom stereocenters. The Balaban J connectivity index is 0.00000320. The van der Waals surface area contributed by atoms with E-state index in [1.54, 1.807) is 7.05 Å². The molecule has 0 aliphatic heterocycles. The van der Waals surface area contributed by atoms with Crippen molar-refractivity contribution in [3.63, 3.8) is 0 Å². The van der Waals surface area contributed by atoms with E-state index in [1.165, 1.54) is 5.56 Å². The topological polar surface area (TPSA) is 68.8 Å². The number of rotatable bonds is 7. The fourth-order valence-corrected chi connectivity index (χ4v) is 4.10. The van der Waals surface area contributed by atoms with E-state index in [1.807, 2.05) is 12.1 Å². The molecule has 0 saturated heterocycles. The second-order valence-corrected chi connectivity index (χ2v) is 8.91. The van der Waals surface area contributed by atoms with Crippen molar-refractivity contribution in [2.45, 2.75) is 56.7 Å². The van der Waals surface area contributed by atoms with Crippen molar-refractivity contribution in [1.82, 2.24) is 20.9 Å². The highest BCUT2D eigenvalue weighted by atomic mass is 127. The molecule has 30 heavy (non-hydrogen) atoms. The van der Waals surface area contributed by atoms with Crippen molar-refractivity contribution in [1.29, 1.82) is 0 Å². The third kappa shape index (κ3) is 7.57. The van der Waals surface area contributed by atoms with E-state index in [4.69, 9.17) is 11.6 Å². The third-order valence-electron chi connectivity index (χ3n) is 5.87. The van der Waals surface area contributed by atoms with Gasteiger partial charge in [-0.15, -0.1) is 24.0 Å². The van der Waals surface area contributed by atoms with Crippen LogP contribution in [0.25, 0.3) is 0 Å². The number of nitrogens with zero attached hydrogens (tertiary/aromatic N) is 2. The highest BCUT2D eigenvalue weighted by Crippen LogP contribution is 2.27. The van der Waals surface area contributed by atoms with Crippen molar-refractivity contribution in [3.05, 3.63) is 34.9 Å². The van der Waals surface area contributed by atoms with Crippen LogP contribution in [0.15, 0.2) is 29.3 Å². The molecule has 3 N–H and O–H groups in total. The lowest BCUT2D eigenvalue weighted by Gasteiger charge is -2.31. The highest BCUT2D eigenvalue weighted by Gasteiger charge is 2.31. The van der Waals surface area contributed by atoms with Crippen LogP contribution in [0, 0.1) is 5.92 Å². The molecule has 168 valence electrons. The van der Waals surface area contributed by atoms with Gasteiger partial charge >= 0.3 is 0 Å². The Hall–Kier alpha value is -1.06. The first-order valence-electron chi connectivity index (χ1n) is 10.7. The molecular formula is C22H35ClIN5O. The quantitative estimate of drug-likeness (QED) is 0.277. The van der Waals surface area contributed by atoms with Crippen LogP contribution in [0.4, 0.5) is 0 Å². The fraction of sp³-hybridized carbons (Fsp3) is 0.636. The number of halogens is 2. The Labute approximate surface area is 202 Å². The maximum Gasteiger partial charge on any atom is 0.223 e. The highest BCUT2D eigenvalue weighted by molar-refractivity contribution is 14.0. The summed E-state index contributed by atoms with van der Waals surface area (Å²) >= 11 is 6.03. The normalized spacial score (nSPS) is 22.8. The van der Waals surface area contributed by atoms with Crippen molar-refractivity contribution < 1.29 is 4.79 Å². The van der Waals surface area contributed by atoms with Crippen LogP contribution in [-0.4, -0.2) is 56.5 Å². The molecule has 1 aromatic rings. The second kappa shape index (κ2) is 12.1. The number of guanidine groups is 1. The number of hydrogen-bond donors (Lipinski definition) is 3. The number of hydrogen-bond acceptors (Lipinski definition) is 3. The largest absolute Gasteiger partial charge is 0.354 e. The minimum absolute atomic E-state index is 0. The summed E-state index contributed by atoms with van der Waals surface area (Å²) in [6.45, 7) is 0.729. The molecular weight excluding hydrogens is 513 g/mol. The Bertz CT molecular complexity index is 708. The SMILES string of the molecule is CN=C(NCC(c1ccc(Cl)cc1)N(C)C)NC1CCCC(C(=O)NC2CC2)C1.I. The lowest BCUT2D eigenvalue weighted by atomic mass is 9.85. The maximum atomic E-state index is 12.4. The molecule has 6 nitrogen and oxygen atoms in total. The predicted octanol–water partition coefficient (Wildman–Crippen LogP) is 3.56. The average Bonchev–Trinajstić information content (AvgIpc) is 3.52. The number of aliphatic imine (C=N–C) groups is 1. The molecule has 2 aliphatic carbocycles. The summed E-state index contributed by atoms with van der Waals surface area (Å²) in [4.78, 5) is 19.0. The van der Waals surface area contributed by atoms with Crippen LogP contribution in [0.2, 0.25) is 5.02 Å². The zero-order chi connectivity index (χ0) is 20.8. The van der Waals surface area contributed by atoms with E-state index >= 15 is 0 Å². The number of likely N-dealkylation sites (N-methyl/N-ethyl adjacent to an activating group) is 1. The molecule has 2 aliphatic rings. The van der Waals surface area contributed by atoms with Gasteiger partial charge in [0.1, 0.15) is 0 Å². The number of amides is 1. The van der Waals surface area contributed by atoms with Gasteiger partial charge in [0.15, 0.2) is 5.96 Å². The molecule has 3 unspecified atom stereocenters. The molecule has 3 rings (SSSR count). The number of nitrogens with one attached hydrogen (secondary N) is 3. The van der Waals surface area contributed by atoms with E-state index in [-0.39, 0.29) is 47.9 Å². The van der Waals surface area contributed by atoms with Crippen molar-refractivity contribution >= 4 is 47.4 Å². The van der Waals surface area contributed by atoms with Crippen LogP contribution in [-0.2, 0) is 4.79 Å². The van der Waals surface area contributed by atoms with Crippen molar-refractivity contribution in [2.75, 3.05) is 27.7 Å². The summed E-state index contributed by atoms with van der Waals surface area (Å²) in [7, 11) is 5.94. The van der Waals surface area contributed by atoms with Crippen molar-refractivity contribution in [2.24, 2.45) is 10.9 Å².